The molecule has 1 N–H and O–H groups in total. The predicted octanol–water partition coefficient (Wildman–Crippen LogP) is 4.82. The lowest BCUT2D eigenvalue weighted by Crippen LogP contribution is -2.38. The van der Waals surface area contributed by atoms with Crippen LogP contribution in [0.1, 0.15) is 42.6 Å². The molecule has 0 fully saturated rings. The molecule has 3 aromatic carbocycles. The molecule has 3 aromatic rings. The third-order valence-corrected chi connectivity index (χ3v) is 6.93. The largest absolute Gasteiger partial charge is 0.462 e. The molecule has 178 valence electrons. The van der Waals surface area contributed by atoms with Crippen LogP contribution in [0.5, 0.6) is 0 Å². The van der Waals surface area contributed by atoms with Gasteiger partial charge in [0.05, 0.1) is 22.8 Å². The summed E-state index contributed by atoms with van der Waals surface area (Å²) in [5.41, 5.74) is 2.25. The monoisotopic (exact) mass is 480 g/mol. The van der Waals surface area contributed by atoms with Gasteiger partial charge in [0, 0.05) is 5.69 Å². The van der Waals surface area contributed by atoms with Crippen molar-refractivity contribution in [2.45, 2.75) is 31.6 Å². The Bertz CT molecular complexity index is 1220. The number of ether oxygens (including phenoxy) is 1. The zero-order valence-corrected chi connectivity index (χ0v) is 20.2. The summed E-state index contributed by atoms with van der Waals surface area (Å²) in [5.74, 6) is -0.684. The van der Waals surface area contributed by atoms with E-state index in [1.807, 2.05) is 26.0 Å². The van der Waals surface area contributed by atoms with Crippen LogP contribution in [0.25, 0.3) is 0 Å². The molecular weight excluding hydrogens is 452 g/mol. The molecule has 1 amide bonds. The first-order valence-corrected chi connectivity index (χ1v) is 12.4. The van der Waals surface area contributed by atoms with Crippen molar-refractivity contribution in [3.63, 3.8) is 0 Å². The molecule has 0 bridgehead atoms. The van der Waals surface area contributed by atoms with E-state index in [-0.39, 0.29) is 17.4 Å². The lowest BCUT2D eigenvalue weighted by Gasteiger charge is -2.24. The number of benzene rings is 3. The summed E-state index contributed by atoms with van der Waals surface area (Å²) in [6.07, 6.45) is 0. The molecule has 3 rings (SSSR count). The van der Waals surface area contributed by atoms with Gasteiger partial charge in [-0.15, -0.1) is 0 Å². The van der Waals surface area contributed by atoms with E-state index < -0.39 is 28.4 Å². The number of anilines is 2. The second-order valence-corrected chi connectivity index (χ2v) is 9.78. The third kappa shape index (κ3) is 6.02. The minimum atomic E-state index is -3.99. The Morgan fingerprint density at radius 3 is 2.09 bits per heavy atom. The van der Waals surface area contributed by atoms with Gasteiger partial charge in [0.2, 0.25) is 5.91 Å². The molecular formula is C26H28N2O5S. The Labute approximate surface area is 200 Å². The van der Waals surface area contributed by atoms with Crippen molar-refractivity contribution in [1.82, 2.24) is 0 Å². The molecule has 0 radical (unpaired) electrons. The molecule has 0 saturated carbocycles. The number of esters is 1. The summed E-state index contributed by atoms with van der Waals surface area (Å²) in [6.45, 7) is 5.67. The average Bonchev–Trinajstić information content (AvgIpc) is 2.83. The lowest BCUT2D eigenvalue weighted by molar-refractivity contribution is -0.114. The van der Waals surface area contributed by atoms with Crippen molar-refractivity contribution in [3.05, 3.63) is 90.0 Å². The van der Waals surface area contributed by atoms with Gasteiger partial charge in [-0.1, -0.05) is 44.2 Å². The van der Waals surface area contributed by atoms with E-state index in [9.17, 15) is 18.0 Å². The first-order chi connectivity index (χ1) is 16.2. The number of sulfonamides is 1. The summed E-state index contributed by atoms with van der Waals surface area (Å²) in [6, 6.07) is 21.3. The lowest BCUT2D eigenvalue weighted by atomic mass is 10.0. The Morgan fingerprint density at radius 2 is 1.53 bits per heavy atom. The Hall–Kier alpha value is -3.65. The van der Waals surface area contributed by atoms with E-state index in [4.69, 9.17) is 4.74 Å². The predicted molar refractivity (Wildman–Crippen MR) is 133 cm³/mol. The highest BCUT2D eigenvalue weighted by molar-refractivity contribution is 7.92. The topological polar surface area (TPSA) is 92.8 Å². The van der Waals surface area contributed by atoms with E-state index in [0.717, 1.165) is 9.87 Å². The van der Waals surface area contributed by atoms with Gasteiger partial charge >= 0.3 is 5.97 Å². The number of nitrogens with one attached hydrogen (secondary N) is 1. The zero-order chi connectivity index (χ0) is 24.7. The van der Waals surface area contributed by atoms with E-state index in [0.29, 0.717) is 16.9 Å². The molecule has 0 aliphatic heterocycles. The van der Waals surface area contributed by atoms with Gasteiger partial charge in [0.25, 0.3) is 10.0 Å². The van der Waals surface area contributed by atoms with Crippen LogP contribution >= 0.6 is 0 Å². The summed E-state index contributed by atoms with van der Waals surface area (Å²) >= 11 is 0. The number of hydrogen-bond acceptors (Lipinski definition) is 5. The minimum Gasteiger partial charge on any atom is -0.462 e. The van der Waals surface area contributed by atoms with Crippen LogP contribution < -0.4 is 9.62 Å². The molecule has 0 aliphatic carbocycles. The SMILES string of the molecule is CCOC(=O)c1ccc(NC(=O)CN(c2ccc(C(C)C)cc2)S(=O)(=O)c2ccccc2)cc1. The molecule has 34 heavy (non-hydrogen) atoms. The van der Waals surface area contributed by atoms with E-state index in [1.54, 1.807) is 49.4 Å². The zero-order valence-electron chi connectivity index (χ0n) is 19.4. The molecule has 0 aliphatic rings. The normalized spacial score (nSPS) is 11.2. The number of hydrogen-bond donors (Lipinski definition) is 1. The molecule has 0 heterocycles. The highest BCUT2D eigenvalue weighted by atomic mass is 32.2. The molecule has 0 atom stereocenters. The highest BCUT2D eigenvalue weighted by Crippen LogP contribution is 2.26. The standard InChI is InChI=1S/C26H28N2O5S/c1-4-33-26(30)21-10-14-22(15-11-21)27-25(29)18-28(23-16-12-20(13-17-23)19(2)3)34(31,32)24-8-6-5-7-9-24/h5-17,19H,4,18H2,1-3H3,(H,27,29). The third-order valence-electron chi connectivity index (χ3n) is 5.15. The molecule has 0 aromatic heterocycles. The van der Waals surface area contributed by atoms with Crippen molar-refractivity contribution >= 4 is 33.3 Å². The van der Waals surface area contributed by atoms with Crippen LogP contribution in [0.15, 0.2) is 83.8 Å². The van der Waals surface area contributed by atoms with Gasteiger partial charge < -0.3 is 10.1 Å². The van der Waals surface area contributed by atoms with Gasteiger partial charge in [0.1, 0.15) is 6.54 Å². The van der Waals surface area contributed by atoms with E-state index in [1.165, 1.54) is 24.3 Å². The van der Waals surface area contributed by atoms with Gasteiger partial charge in [-0.2, -0.15) is 0 Å². The van der Waals surface area contributed by atoms with Crippen LogP contribution in [0, 0.1) is 0 Å². The maximum Gasteiger partial charge on any atom is 0.338 e. The minimum absolute atomic E-state index is 0.0922. The van der Waals surface area contributed by atoms with Crippen LogP contribution in [0.4, 0.5) is 11.4 Å². The number of amides is 1. The highest BCUT2D eigenvalue weighted by Gasteiger charge is 2.27. The Kier molecular flexibility index (Phi) is 8.07. The molecule has 0 spiro atoms. The summed E-state index contributed by atoms with van der Waals surface area (Å²) < 4.78 is 32.9. The second-order valence-electron chi connectivity index (χ2n) is 7.92. The van der Waals surface area contributed by atoms with Gasteiger partial charge in [-0.05, 0) is 66.9 Å². The fraction of sp³-hybridized carbons (Fsp3) is 0.231. The molecule has 8 heteroatoms. The smallest absolute Gasteiger partial charge is 0.338 e. The summed E-state index contributed by atoms with van der Waals surface area (Å²) in [5, 5.41) is 2.70. The first kappa shape index (κ1) is 25.0. The van der Waals surface area contributed by atoms with Crippen LogP contribution in [-0.2, 0) is 19.6 Å². The van der Waals surface area contributed by atoms with Crippen molar-refractivity contribution in [2.75, 3.05) is 22.8 Å². The van der Waals surface area contributed by atoms with E-state index >= 15 is 0 Å². The van der Waals surface area contributed by atoms with Crippen LogP contribution in [0.2, 0.25) is 0 Å². The van der Waals surface area contributed by atoms with Crippen molar-refractivity contribution in [3.8, 4) is 0 Å². The number of rotatable bonds is 9. The average molecular weight is 481 g/mol. The fourth-order valence-corrected chi connectivity index (χ4v) is 4.74. The van der Waals surface area contributed by atoms with Gasteiger partial charge in [-0.25, -0.2) is 13.2 Å². The molecule has 0 unspecified atom stereocenters. The number of carbonyl (C=O) groups is 2. The second kappa shape index (κ2) is 11.0. The maximum atomic E-state index is 13.4. The number of nitrogens with zero attached hydrogens (tertiary/aromatic N) is 1. The number of carbonyl (C=O) groups excluding carboxylic acids is 2. The molecule has 7 nitrogen and oxygen atoms in total. The summed E-state index contributed by atoms with van der Waals surface area (Å²) in [7, 11) is -3.99. The van der Waals surface area contributed by atoms with E-state index in [2.05, 4.69) is 5.32 Å². The quantitative estimate of drug-likeness (QED) is 0.443. The fourth-order valence-electron chi connectivity index (χ4n) is 3.30. The van der Waals surface area contributed by atoms with Gasteiger partial charge in [-0.3, -0.25) is 9.10 Å². The van der Waals surface area contributed by atoms with Crippen molar-refractivity contribution in [2.24, 2.45) is 0 Å². The summed E-state index contributed by atoms with van der Waals surface area (Å²) in [4.78, 5) is 24.8. The Balaban J connectivity index is 1.85. The van der Waals surface area contributed by atoms with Crippen molar-refractivity contribution < 1.29 is 22.7 Å². The Morgan fingerprint density at radius 1 is 0.912 bits per heavy atom. The van der Waals surface area contributed by atoms with Crippen LogP contribution in [-0.4, -0.2) is 33.4 Å². The van der Waals surface area contributed by atoms with Gasteiger partial charge in [0.15, 0.2) is 0 Å². The first-order valence-electron chi connectivity index (χ1n) is 11.0. The van der Waals surface area contributed by atoms with Crippen molar-refractivity contribution in [1.29, 1.82) is 0 Å². The maximum absolute atomic E-state index is 13.4. The molecule has 0 saturated heterocycles. The van der Waals surface area contributed by atoms with Crippen LogP contribution in [0.3, 0.4) is 0 Å².